The first kappa shape index (κ1) is 25.0. The zero-order chi connectivity index (χ0) is 25.9. The topological polar surface area (TPSA) is 118 Å². The summed E-state index contributed by atoms with van der Waals surface area (Å²) in [5.41, 5.74) is -1.82. The number of carbonyl (C=O) groups excluding carboxylic acids is 2. The lowest BCUT2D eigenvalue weighted by Gasteiger charge is -2.56. The Morgan fingerprint density at radius 1 is 1.11 bits per heavy atom. The van der Waals surface area contributed by atoms with Crippen molar-refractivity contribution in [2.45, 2.75) is 74.6 Å². The largest absolute Gasteiger partial charge is 0.522 e. The van der Waals surface area contributed by atoms with E-state index in [1.807, 2.05) is 0 Å². The fraction of sp³-hybridized carbons (Fsp3) is 0.542. The van der Waals surface area contributed by atoms with E-state index >= 15 is 0 Å². The highest BCUT2D eigenvalue weighted by Gasteiger charge is 2.56. The monoisotopic (exact) mass is 528 g/mol. The van der Waals surface area contributed by atoms with Gasteiger partial charge in [-0.3, -0.25) is 19.1 Å². The van der Waals surface area contributed by atoms with Crippen molar-refractivity contribution in [1.82, 2.24) is 10.6 Å². The molecule has 6 rings (SSSR count). The number of benzene rings is 1. The van der Waals surface area contributed by atoms with E-state index in [0.29, 0.717) is 30.7 Å². The maximum absolute atomic E-state index is 13.0. The first-order valence-electron chi connectivity index (χ1n) is 11.7. The highest BCUT2D eigenvalue weighted by Crippen LogP contribution is 2.48. The molecule has 4 aliphatic rings. The Hall–Kier alpha value is -2.63. The summed E-state index contributed by atoms with van der Waals surface area (Å²) >= 11 is 5.92. The van der Waals surface area contributed by atoms with Crippen molar-refractivity contribution >= 4 is 34.4 Å². The average Bonchev–Trinajstić information content (AvgIpc) is 2.77. The second-order valence-corrected chi connectivity index (χ2v) is 10.5. The molecule has 4 fully saturated rings. The van der Waals surface area contributed by atoms with Crippen molar-refractivity contribution in [3.05, 3.63) is 45.3 Å². The summed E-state index contributed by atoms with van der Waals surface area (Å²) in [4.78, 5) is 38.1. The van der Waals surface area contributed by atoms with Gasteiger partial charge in [-0.15, -0.1) is 13.2 Å². The van der Waals surface area contributed by atoms with Gasteiger partial charge < -0.3 is 20.2 Å². The van der Waals surface area contributed by atoms with Crippen LogP contribution < -0.4 is 16.1 Å². The first-order valence-corrected chi connectivity index (χ1v) is 12.1. The Kier molecular flexibility index (Phi) is 6.08. The van der Waals surface area contributed by atoms with E-state index in [1.54, 1.807) is 6.07 Å². The number of rotatable bonds is 5. The van der Waals surface area contributed by atoms with Crippen molar-refractivity contribution in [2.75, 3.05) is 0 Å². The highest BCUT2D eigenvalue weighted by atomic mass is 35.5. The van der Waals surface area contributed by atoms with E-state index in [1.165, 1.54) is 12.1 Å². The molecule has 2 aromatic rings. The molecule has 0 unspecified atom stereocenters. The molecule has 1 atom stereocenters. The SMILES string of the molecule is O=C(NC12CCC(NC(=O)[C@H]3C[C@@H](OC(F)(F)F)C3)(CC1)[C@@H](O)C2)c1cc(=O)c2cc(Cl)ccc2o1. The van der Waals surface area contributed by atoms with E-state index in [2.05, 4.69) is 15.4 Å². The standard InChI is InChI=1S/C24H24ClF3N2O6/c25-13-1-2-17-15(9-13)16(31)10-18(35-17)21(34)29-22-3-5-23(6-4-22,19(32)11-22)30-20(33)12-7-14(8-12)36-24(26,27)28/h1-2,9-10,12,14,19,32H,3-8,11H2,(H,29,34)(H,30,33)/t12-,14+,19-,22?,23?/m0/s1. The minimum Gasteiger partial charge on any atom is -0.451 e. The predicted octanol–water partition coefficient (Wildman–Crippen LogP) is 3.42. The Balaban J connectivity index is 1.22. The molecule has 4 saturated carbocycles. The number of hydrogen-bond donors (Lipinski definition) is 3. The van der Waals surface area contributed by atoms with Crippen LogP contribution in [0, 0.1) is 5.92 Å². The number of amides is 2. The van der Waals surface area contributed by atoms with E-state index in [9.17, 15) is 32.7 Å². The third-order valence-electron chi connectivity index (χ3n) is 7.75. The molecule has 4 aliphatic carbocycles. The Morgan fingerprint density at radius 3 is 2.44 bits per heavy atom. The summed E-state index contributed by atoms with van der Waals surface area (Å²) in [5, 5.41) is 17.3. The fourth-order valence-corrected chi connectivity index (χ4v) is 5.79. The fourth-order valence-electron chi connectivity index (χ4n) is 5.62. The normalized spacial score (nSPS) is 31.6. The number of fused-ring (bicyclic) bond motifs is 4. The average molecular weight is 529 g/mol. The van der Waals surface area contributed by atoms with E-state index in [4.69, 9.17) is 16.0 Å². The van der Waals surface area contributed by atoms with Crippen LogP contribution in [0.1, 0.15) is 55.5 Å². The van der Waals surface area contributed by atoms with E-state index < -0.39 is 52.8 Å². The minimum atomic E-state index is -4.73. The summed E-state index contributed by atoms with van der Waals surface area (Å²) in [6.45, 7) is 0. The van der Waals surface area contributed by atoms with Crippen LogP contribution in [0.15, 0.2) is 33.5 Å². The molecule has 1 aromatic carbocycles. The predicted molar refractivity (Wildman–Crippen MR) is 121 cm³/mol. The molecular formula is C24H24ClF3N2O6. The number of nitrogens with one attached hydrogen (secondary N) is 2. The molecular weight excluding hydrogens is 505 g/mol. The first-order chi connectivity index (χ1) is 16.9. The molecule has 8 nitrogen and oxygen atoms in total. The number of halogens is 4. The molecule has 0 radical (unpaired) electrons. The Morgan fingerprint density at radius 2 is 1.81 bits per heavy atom. The lowest BCUT2D eigenvalue weighted by molar-refractivity contribution is -0.353. The van der Waals surface area contributed by atoms with Gasteiger partial charge in [0.05, 0.1) is 23.1 Å². The molecule has 0 aliphatic heterocycles. The van der Waals surface area contributed by atoms with Crippen LogP contribution in [0.4, 0.5) is 13.2 Å². The molecule has 0 spiro atoms. The smallest absolute Gasteiger partial charge is 0.451 e. The number of hydrogen-bond acceptors (Lipinski definition) is 6. The third kappa shape index (κ3) is 4.71. The van der Waals surface area contributed by atoms with E-state index in [0.717, 1.165) is 6.07 Å². The van der Waals surface area contributed by atoms with Crippen LogP contribution in [0.2, 0.25) is 5.02 Å². The second kappa shape index (κ2) is 8.74. The van der Waals surface area contributed by atoms with Crippen LogP contribution in [0.3, 0.4) is 0 Å². The van der Waals surface area contributed by atoms with Gasteiger partial charge in [-0.1, -0.05) is 11.6 Å². The van der Waals surface area contributed by atoms with Gasteiger partial charge in [0.1, 0.15) is 5.58 Å². The molecule has 1 heterocycles. The molecule has 12 heteroatoms. The summed E-state index contributed by atoms with van der Waals surface area (Å²) in [7, 11) is 0. The number of aliphatic hydroxyl groups is 1. The third-order valence-corrected chi connectivity index (χ3v) is 7.99. The summed E-state index contributed by atoms with van der Waals surface area (Å²) in [6, 6.07) is 5.62. The van der Waals surface area contributed by atoms with Crippen LogP contribution >= 0.6 is 11.6 Å². The van der Waals surface area contributed by atoms with Crippen LogP contribution in [-0.4, -0.2) is 46.6 Å². The lowest BCUT2D eigenvalue weighted by atomic mass is 9.59. The van der Waals surface area contributed by atoms with Crippen molar-refractivity contribution < 1.29 is 37.0 Å². The summed E-state index contributed by atoms with van der Waals surface area (Å²) < 4.78 is 46.5. The summed E-state index contributed by atoms with van der Waals surface area (Å²) in [5.74, 6) is -1.74. The molecule has 2 amide bonds. The molecule has 3 N–H and O–H groups in total. The zero-order valence-corrected chi connectivity index (χ0v) is 19.7. The van der Waals surface area contributed by atoms with Gasteiger partial charge in [0.2, 0.25) is 5.91 Å². The number of ether oxygens (including phenoxy) is 1. The van der Waals surface area contributed by atoms with Gasteiger partial charge in [0.15, 0.2) is 11.2 Å². The Labute approximate surface area is 208 Å². The minimum absolute atomic E-state index is 0.0271. The molecule has 194 valence electrons. The molecule has 0 saturated heterocycles. The molecule has 36 heavy (non-hydrogen) atoms. The van der Waals surface area contributed by atoms with Crippen molar-refractivity contribution in [3.8, 4) is 0 Å². The lowest BCUT2D eigenvalue weighted by Crippen LogP contribution is -2.70. The number of aliphatic hydroxyl groups excluding tert-OH is 1. The number of carbonyl (C=O) groups is 2. The second-order valence-electron chi connectivity index (χ2n) is 10.1. The van der Waals surface area contributed by atoms with E-state index in [-0.39, 0.29) is 36.0 Å². The van der Waals surface area contributed by atoms with Gasteiger partial charge in [-0.05, 0) is 63.1 Å². The highest BCUT2D eigenvalue weighted by molar-refractivity contribution is 6.31. The van der Waals surface area contributed by atoms with Crippen molar-refractivity contribution in [3.63, 3.8) is 0 Å². The maximum Gasteiger partial charge on any atom is 0.522 e. The zero-order valence-electron chi connectivity index (χ0n) is 19.0. The van der Waals surface area contributed by atoms with Crippen molar-refractivity contribution in [1.29, 1.82) is 0 Å². The van der Waals surface area contributed by atoms with Crippen molar-refractivity contribution in [2.24, 2.45) is 5.92 Å². The van der Waals surface area contributed by atoms with Crippen LogP contribution in [-0.2, 0) is 9.53 Å². The summed E-state index contributed by atoms with van der Waals surface area (Å²) in [6.07, 6.45) is -4.90. The number of alkyl halides is 3. The molecule has 2 bridgehead atoms. The van der Waals surface area contributed by atoms with Crippen LogP contribution in [0.25, 0.3) is 11.0 Å². The quantitative estimate of drug-likeness (QED) is 0.547. The van der Waals surface area contributed by atoms with Gasteiger partial charge in [-0.25, -0.2) is 0 Å². The van der Waals surface area contributed by atoms with Gasteiger partial charge in [0.25, 0.3) is 5.91 Å². The Bertz CT molecular complexity index is 1260. The van der Waals surface area contributed by atoms with Gasteiger partial charge in [-0.2, -0.15) is 0 Å². The van der Waals surface area contributed by atoms with Gasteiger partial charge in [0, 0.05) is 22.5 Å². The van der Waals surface area contributed by atoms with Gasteiger partial charge >= 0.3 is 6.36 Å². The van der Waals surface area contributed by atoms with Crippen LogP contribution in [0.5, 0.6) is 0 Å². The maximum atomic E-state index is 13.0. The molecule has 1 aromatic heterocycles.